The Bertz CT molecular complexity index is 435. The van der Waals surface area contributed by atoms with Crippen molar-refractivity contribution in [3.05, 3.63) is 11.3 Å². The summed E-state index contributed by atoms with van der Waals surface area (Å²) in [6, 6.07) is 1.12. The molecular formula is C13H18N4. The Morgan fingerprint density at radius 1 is 1.29 bits per heavy atom. The van der Waals surface area contributed by atoms with E-state index in [1.165, 1.54) is 37.0 Å². The molecule has 0 aromatic rings. The maximum absolute atomic E-state index is 4.81. The molecule has 1 fully saturated rings. The number of guanidine groups is 1. The van der Waals surface area contributed by atoms with Crippen LogP contribution < -0.4 is 5.32 Å². The molecule has 0 saturated heterocycles. The molecule has 4 aliphatic rings. The molecule has 4 heteroatoms. The molecule has 1 N–H and O–H groups in total. The van der Waals surface area contributed by atoms with Crippen molar-refractivity contribution in [3.63, 3.8) is 0 Å². The van der Waals surface area contributed by atoms with Gasteiger partial charge in [-0.3, -0.25) is 0 Å². The Morgan fingerprint density at radius 2 is 2.24 bits per heavy atom. The highest BCUT2D eigenvalue weighted by Gasteiger charge is 2.41. The van der Waals surface area contributed by atoms with Gasteiger partial charge in [-0.25, -0.2) is 9.98 Å². The summed E-state index contributed by atoms with van der Waals surface area (Å²) < 4.78 is 0. The highest BCUT2D eigenvalue weighted by Crippen LogP contribution is 2.36. The van der Waals surface area contributed by atoms with Crippen molar-refractivity contribution in [2.75, 3.05) is 13.1 Å². The predicted octanol–water partition coefficient (Wildman–Crippen LogP) is 1.30. The van der Waals surface area contributed by atoms with Crippen molar-refractivity contribution < 1.29 is 0 Å². The normalized spacial score (nSPS) is 35.3. The lowest BCUT2D eigenvalue weighted by Crippen LogP contribution is -2.45. The number of nitrogens with zero attached hydrogens (tertiary/aromatic N) is 3. The van der Waals surface area contributed by atoms with Crippen LogP contribution in [0.1, 0.15) is 32.1 Å². The molecule has 0 amide bonds. The van der Waals surface area contributed by atoms with E-state index in [0.717, 1.165) is 25.5 Å². The van der Waals surface area contributed by atoms with E-state index in [1.807, 2.05) is 6.21 Å². The molecule has 17 heavy (non-hydrogen) atoms. The summed E-state index contributed by atoms with van der Waals surface area (Å²) in [5, 5.41) is 3.42. The molecule has 3 aliphatic heterocycles. The zero-order valence-corrected chi connectivity index (χ0v) is 10.0. The molecule has 0 spiro atoms. The molecule has 3 heterocycles. The van der Waals surface area contributed by atoms with Gasteiger partial charge in [0.05, 0.1) is 12.1 Å². The van der Waals surface area contributed by atoms with E-state index in [-0.39, 0.29) is 0 Å². The van der Waals surface area contributed by atoms with Crippen LogP contribution in [-0.4, -0.2) is 42.2 Å². The first kappa shape index (κ1) is 9.83. The predicted molar refractivity (Wildman–Crippen MR) is 68.3 cm³/mol. The summed E-state index contributed by atoms with van der Waals surface area (Å²) in [6.07, 6.45) is 8.38. The third kappa shape index (κ3) is 1.40. The lowest BCUT2D eigenvalue weighted by atomic mass is 9.90. The summed E-state index contributed by atoms with van der Waals surface area (Å²) in [5.41, 5.74) is 2.87. The maximum Gasteiger partial charge on any atom is 0.225 e. The Balaban J connectivity index is 1.74. The Kier molecular flexibility index (Phi) is 2.12. The van der Waals surface area contributed by atoms with E-state index in [4.69, 9.17) is 4.99 Å². The van der Waals surface area contributed by atoms with Gasteiger partial charge in [-0.05, 0) is 12.8 Å². The van der Waals surface area contributed by atoms with Crippen LogP contribution in [0.15, 0.2) is 21.3 Å². The van der Waals surface area contributed by atoms with Crippen molar-refractivity contribution in [3.8, 4) is 0 Å². The topological polar surface area (TPSA) is 40.0 Å². The van der Waals surface area contributed by atoms with Crippen LogP contribution >= 0.6 is 0 Å². The van der Waals surface area contributed by atoms with Crippen molar-refractivity contribution >= 4 is 12.2 Å². The molecule has 1 aliphatic carbocycles. The van der Waals surface area contributed by atoms with Crippen LogP contribution in [0, 0.1) is 0 Å². The smallest absolute Gasteiger partial charge is 0.225 e. The first-order valence-corrected chi connectivity index (χ1v) is 6.77. The highest BCUT2D eigenvalue weighted by atomic mass is 15.4. The summed E-state index contributed by atoms with van der Waals surface area (Å²) in [7, 11) is 0. The van der Waals surface area contributed by atoms with Gasteiger partial charge in [0.2, 0.25) is 5.96 Å². The second kappa shape index (κ2) is 3.67. The fourth-order valence-corrected chi connectivity index (χ4v) is 3.54. The first-order chi connectivity index (χ1) is 8.43. The number of aliphatic imine (C=N–C) groups is 2. The number of rotatable bonds is 0. The molecule has 1 saturated carbocycles. The number of hydrogen-bond acceptors (Lipinski definition) is 4. The summed E-state index contributed by atoms with van der Waals surface area (Å²) in [5.74, 6) is 0.988. The number of fused-ring (bicyclic) bond motifs is 4. The third-order valence-corrected chi connectivity index (χ3v) is 4.37. The van der Waals surface area contributed by atoms with E-state index < -0.39 is 0 Å². The second-order valence-electron chi connectivity index (χ2n) is 5.38. The quantitative estimate of drug-likeness (QED) is 0.681. The van der Waals surface area contributed by atoms with Gasteiger partial charge >= 0.3 is 0 Å². The van der Waals surface area contributed by atoms with Crippen LogP contribution in [0.25, 0.3) is 0 Å². The molecule has 0 aromatic heterocycles. The molecule has 2 atom stereocenters. The number of hydrogen-bond donors (Lipinski definition) is 1. The third-order valence-electron chi connectivity index (χ3n) is 4.37. The van der Waals surface area contributed by atoms with Gasteiger partial charge in [0.15, 0.2) is 0 Å². The lowest BCUT2D eigenvalue weighted by molar-refractivity contribution is 0.270. The van der Waals surface area contributed by atoms with Gasteiger partial charge in [-0.15, -0.1) is 0 Å². The van der Waals surface area contributed by atoms with Crippen molar-refractivity contribution in [2.45, 2.75) is 44.2 Å². The summed E-state index contributed by atoms with van der Waals surface area (Å²) >= 11 is 0. The van der Waals surface area contributed by atoms with E-state index in [0.29, 0.717) is 12.1 Å². The molecule has 0 aromatic carbocycles. The Morgan fingerprint density at radius 3 is 3.24 bits per heavy atom. The minimum absolute atomic E-state index is 0.512. The van der Waals surface area contributed by atoms with Crippen LogP contribution in [0.5, 0.6) is 0 Å². The molecular weight excluding hydrogens is 212 g/mol. The average molecular weight is 230 g/mol. The largest absolute Gasteiger partial charge is 0.312 e. The van der Waals surface area contributed by atoms with Gasteiger partial charge in [-0.1, -0.05) is 12.8 Å². The van der Waals surface area contributed by atoms with Crippen molar-refractivity contribution in [1.29, 1.82) is 0 Å². The minimum Gasteiger partial charge on any atom is -0.312 e. The zero-order chi connectivity index (χ0) is 11.2. The fourth-order valence-electron chi connectivity index (χ4n) is 3.54. The number of nitrogens with one attached hydrogen (secondary N) is 1. The first-order valence-electron chi connectivity index (χ1n) is 6.77. The van der Waals surface area contributed by atoms with Crippen LogP contribution in [0.4, 0.5) is 0 Å². The highest BCUT2D eigenvalue weighted by molar-refractivity contribution is 5.99. The maximum atomic E-state index is 4.81. The molecule has 4 nitrogen and oxygen atoms in total. The Labute approximate surface area is 102 Å². The Hall–Kier alpha value is -1.16. The fraction of sp³-hybridized carbons (Fsp3) is 0.692. The van der Waals surface area contributed by atoms with Crippen molar-refractivity contribution in [2.24, 2.45) is 9.98 Å². The van der Waals surface area contributed by atoms with E-state index in [2.05, 4.69) is 15.2 Å². The SMILES string of the molecule is C1=NC2=NC3CCCCC3N2C2=C1CNCC2. The van der Waals surface area contributed by atoms with Crippen molar-refractivity contribution in [1.82, 2.24) is 10.2 Å². The van der Waals surface area contributed by atoms with Gasteiger partial charge < -0.3 is 10.2 Å². The molecule has 2 unspecified atom stereocenters. The van der Waals surface area contributed by atoms with E-state index in [9.17, 15) is 0 Å². The molecule has 90 valence electrons. The zero-order valence-electron chi connectivity index (χ0n) is 10.0. The summed E-state index contributed by atoms with van der Waals surface area (Å²) in [6.45, 7) is 2.06. The minimum atomic E-state index is 0.512. The van der Waals surface area contributed by atoms with Crippen LogP contribution in [-0.2, 0) is 0 Å². The van der Waals surface area contributed by atoms with E-state index >= 15 is 0 Å². The standard InChI is InChI=1S/C13H18N4/c1-2-4-12-10(3-1)16-13-15-8-9-7-14-6-5-11(9)17(12)13/h8,10,12,14H,1-7H2. The van der Waals surface area contributed by atoms with Gasteiger partial charge in [0.25, 0.3) is 0 Å². The average Bonchev–Trinajstić information content (AvgIpc) is 2.77. The monoisotopic (exact) mass is 230 g/mol. The second-order valence-corrected chi connectivity index (χ2v) is 5.38. The van der Waals surface area contributed by atoms with Crippen LogP contribution in [0.2, 0.25) is 0 Å². The van der Waals surface area contributed by atoms with E-state index in [1.54, 1.807) is 0 Å². The summed E-state index contributed by atoms with van der Waals surface area (Å²) in [4.78, 5) is 11.8. The van der Waals surface area contributed by atoms with Gasteiger partial charge in [0.1, 0.15) is 0 Å². The lowest BCUT2D eigenvalue weighted by Gasteiger charge is -2.37. The molecule has 0 bridgehead atoms. The van der Waals surface area contributed by atoms with Gasteiger partial charge in [0, 0.05) is 37.0 Å². The van der Waals surface area contributed by atoms with Crippen LogP contribution in [0.3, 0.4) is 0 Å². The molecule has 0 radical (unpaired) electrons. The van der Waals surface area contributed by atoms with Gasteiger partial charge in [-0.2, -0.15) is 0 Å². The molecule has 4 rings (SSSR count).